The van der Waals surface area contributed by atoms with Crippen LogP contribution >= 0.6 is 11.5 Å². The highest BCUT2D eigenvalue weighted by atomic mass is 32.1. The summed E-state index contributed by atoms with van der Waals surface area (Å²) < 4.78 is 9.53. The molecule has 0 radical (unpaired) electrons. The molecule has 2 aliphatic rings. The first kappa shape index (κ1) is 15.7. The fraction of sp³-hybridized carbons (Fsp3) is 0.800. The third-order valence-corrected chi connectivity index (χ3v) is 4.75. The first-order chi connectivity index (χ1) is 10.4. The molecule has 1 aromatic rings. The zero-order valence-corrected chi connectivity index (χ0v) is 14.3. The zero-order valence-electron chi connectivity index (χ0n) is 13.5. The van der Waals surface area contributed by atoms with Gasteiger partial charge in [-0.1, -0.05) is 4.49 Å². The van der Waals surface area contributed by atoms with Crippen LogP contribution in [0.2, 0.25) is 0 Å². The van der Waals surface area contributed by atoms with E-state index in [4.69, 9.17) is 4.74 Å². The van der Waals surface area contributed by atoms with Crippen molar-refractivity contribution in [3.05, 3.63) is 11.1 Å². The Morgan fingerprint density at radius 1 is 1.36 bits per heavy atom. The Morgan fingerprint density at radius 2 is 2.05 bits per heavy atom. The van der Waals surface area contributed by atoms with Crippen LogP contribution in [0, 0.1) is 0 Å². The predicted molar refractivity (Wildman–Crippen MR) is 84.7 cm³/mol. The van der Waals surface area contributed by atoms with E-state index in [1.54, 1.807) is 0 Å². The number of nitrogens with zero attached hydrogens (tertiary/aromatic N) is 4. The topological polar surface area (TPSA) is 58.6 Å². The lowest BCUT2D eigenvalue weighted by Gasteiger charge is -2.49. The van der Waals surface area contributed by atoms with Gasteiger partial charge in [-0.25, -0.2) is 4.79 Å². The lowest BCUT2D eigenvalue weighted by molar-refractivity contribution is -0.0392. The number of rotatable bonds is 2. The number of hydrogen-bond donors (Lipinski definition) is 0. The molecule has 0 aliphatic carbocycles. The molecule has 2 aliphatic heterocycles. The summed E-state index contributed by atoms with van der Waals surface area (Å²) in [6.45, 7) is 8.39. The number of amides is 1. The average molecular weight is 324 g/mol. The van der Waals surface area contributed by atoms with Crippen LogP contribution < -0.4 is 0 Å². The highest BCUT2D eigenvalue weighted by molar-refractivity contribution is 7.03. The lowest BCUT2D eigenvalue weighted by atomic mass is 9.91. The van der Waals surface area contributed by atoms with Crippen molar-refractivity contribution in [3.63, 3.8) is 0 Å². The van der Waals surface area contributed by atoms with E-state index < -0.39 is 5.60 Å². The minimum Gasteiger partial charge on any atom is -0.444 e. The van der Waals surface area contributed by atoms with Gasteiger partial charge in [0, 0.05) is 37.1 Å². The molecule has 122 valence electrons. The second-order valence-corrected chi connectivity index (χ2v) is 7.83. The van der Waals surface area contributed by atoms with Crippen LogP contribution in [-0.4, -0.2) is 56.3 Å². The maximum absolute atomic E-state index is 12.5. The Labute approximate surface area is 135 Å². The van der Waals surface area contributed by atoms with Crippen molar-refractivity contribution in [1.82, 2.24) is 19.4 Å². The molecule has 0 spiro atoms. The van der Waals surface area contributed by atoms with Gasteiger partial charge in [-0.15, -0.1) is 5.10 Å². The van der Waals surface area contributed by atoms with Gasteiger partial charge in [0.25, 0.3) is 0 Å². The molecule has 7 heteroatoms. The monoisotopic (exact) mass is 324 g/mol. The van der Waals surface area contributed by atoms with Crippen LogP contribution in [0.4, 0.5) is 4.79 Å². The third-order valence-electron chi connectivity index (χ3n) is 4.19. The molecular weight excluding hydrogens is 300 g/mol. The van der Waals surface area contributed by atoms with Crippen LogP contribution in [0.5, 0.6) is 0 Å². The van der Waals surface area contributed by atoms with E-state index in [0.717, 1.165) is 38.2 Å². The molecule has 2 saturated heterocycles. The van der Waals surface area contributed by atoms with Gasteiger partial charge < -0.3 is 4.74 Å². The fourth-order valence-electron chi connectivity index (χ4n) is 3.42. The SMILES string of the molecule is CC(C)(C)OC(=O)N1C2CCCC1CN(Cc1csnn1)C2. The van der Waals surface area contributed by atoms with Gasteiger partial charge in [-0.05, 0) is 51.6 Å². The number of carbonyl (C=O) groups is 1. The molecule has 1 amide bonds. The molecule has 1 aromatic heterocycles. The van der Waals surface area contributed by atoms with Crippen molar-refractivity contribution in [2.75, 3.05) is 13.1 Å². The molecule has 0 N–H and O–H groups in total. The highest BCUT2D eigenvalue weighted by Gasteiger charge is 2.41. The number of aromatic nitrogens is 2. The number of likely N-dealkylation sites (tertiary alicyclic amines) is 1. The van der Waals surface area contributed by atoms with E-state index in [9.17, 15) is 4.79 Å². The smallest absolute Gasteiger partial charge is 0.410 e. The van der Waals surface area contributed by atoms with E-state index >= 15 is 0 Å². The highest BCUT2D eigenvalue weighted by Crippen LogP contribution is 2.30. The third kappa shape index (κ3) is 3.57. The number of fused-ring (bicyclic) bond motifs is 2. The van der Waals surface area contributed by atoms with Crippen LogP contribution in [-0.2, 0) is 11.3 Å². The van der Waals surface area contributed by atoms with Crippen LogP contribution in [0.1, 0.15) is 45.7 Å². The molecular formula is C15H24N4O2S. The van der Waals surface area contributed by atoms with Crippen LogP contribution in [0.3, 0.4) is 0 Å². The van der Waals surface area contributed by atoms with Gasteiger partial charge in [-0.3, -0.25) is 9.80 Å². The molecule has 2 unspecified atom stereocenters. The lowest BCUT2D eigenvalue weighted by Crippen LogP contribution is -2.62. The quantitative estimate of drug-likeness (QED) is 0.836. The second-order valence-electron chi connectivity index (χ2n) is 7.22. The standard InChI is InChI=1S/C15H24N4O2S/c1-15(2,3)21-14(20)19-12-5-4-6-13(19)9-18(8-12)7-11-10-22-17-16-11/h10,12-13H,4-9H2,1-3H3. The van der Waals surface area contributed by atoms with E-state index in [1.165, 1.54) is 18.0 Å². The van der Waals surface area contributed by atoms with Crippen molar-refractivity contribution < 1.29 is 9.53 Å². The summed E-state index contributed by atoms with van der Waals surface area (Å²) in [4.78, 5) is 16.9. The first-order valence-corrected chi connectivity index (χ1v) is 8.75. The number of piperazine rings is 1. The molecule has 2 atom stereocenters. The predicted octanol–water partition coefficient (Wildman–Crippen LogP) is 2.51. The van der Waals surface area contributed by atoms with Crippen LogP contribution in [0.25, 0.3) is 0 Å². The van der Waals surface area contributed by atoms with Gasteiger partial charge in [0.15, 0.2) is 0 Å². The minimum atomic E-state index is -0.436. The summed E-state index contributed by atoms with van der Waals surface area (Å²) in [5, 5.41) is 6.12. The van der Waals surface area contributed by atoms with Gasteiger partial charge in [-0.2, -0.15) is 0 Å². The molecule has 6 nitrogen and oxygen atoms in total. The van der Waals surface area contributed by atoms with Crippen molar-refractivity contribution in [2.45, 2.75) is 64.3 Å². The van der Waals surface area contributed by atoms with Gasteiger partial charge in [0.1, 0.15) is 5.60 Å². The van der Waals surface area contributed by atoms with E-state index in [0.29, 0.717) is 0 Å². The van der Waals surface area contributed by atoms with Crippen molar-refractivity contribution in [1.29, 1.82) is 0 Å². The summed E-state index contributed by atoms with van der Waals surface area (Å²) in [5.41, 5.74) is 0.586. The largest absolute Gasteiger partial charge is 0.444 e. The molecule has 3 heterocycles. The average Bonchev–Trinajstić information content (AvgIpc) is 2.88. The Morgan fingerprint density at radius 3 is 2.59 bits per heavy atom. The maximum atomic E-state index is 12.5. The molecule has 22 heavy (non-hydrogen) atoms. The zero-order chi connectivity index (χ0) is 15.7. The normalized spacial score (nSPS) is 26.0. The Hall–Kier alpha value is -1.21. The van der Waals surface area contributed by atoms with Crippen molar-refractivity contribution in [2.24, 2.45) is 0 Å². The number of hydrogen-bond acceptors (Lipinski definition) is 6. The van der Waals surface area contributed by atoms with Gasteiger partial charge >= 0.3 is 6.09 Å². The van der Waals surface area contributed by atoms with E-state index in [1.807, 2.05) is 31.1 Å². The van der Waals surface area contributed by atoms with E-state index in [-0.39, 0.29) is 18.2 Å². The van der Waals surface area contributed by atoms with E-state index in [2.05, 4.69) is 14.5 Å². The fourth-order valence-corrected chi connectivity index (χ4v) is 3.86. The molecule has 3 rings (SSSR count). The van der Waals surface area contributed by atoms with Gasteiger partial charge in [0.2, 0.25) is 0 Å². The molecule has 2 fully saturated rings. The van der Waals surface area contributed by atoms with Crippen molar-refractivity contribution >= 4 is 17.6 Å². The maximum Gasteiger partial charge on any atom is 0.410 e. The molecule has 0 aromatic carbocycles. The summed E-state index contributed by atoms with van der Waals surface area (Å²) in [6.07, 6.45) is 3.15. The minimum absolute atomic E-state index is 0.155. The van der Waals surface area contributed by atoms with Crippen LogP contribution in [0.15, 0.2) is 5.38 Å². The second kappa shape index (κ2) is 6.12. The van der Waals surface area contributed by atoms with Crippen molar-refractivity contribution in [3.8, 4) is 0 Å². The number of piperidine rings is 1. The Kier molecular flexibility index (Phi) is 4.36. The van der Waals surface area contributed by atoms with Gasteiger partial charge in [0.05, 0.1) is 5.69 Å². The summed E-state index contributed by atoms with van der Waals surface area (Å²) in [6, 6.07) is 0.517. The summed E-state index contributed by atoms with van der Waals surface area (Å²) in [7, 11) is 0. The Balaban J connectivity index is 1.67. The Bertz CT molecular complexity index is 500. The molecule has 2 bridgehead atoms. The number of ether oxygens (including phenoxy) is 1. The summed E-state index contributed by atoms with van der Waals surface area (Å²) >= 11 is 1.39. The number of carbonyl (C=O) groups excluding carboxylic acids is 1. The summed E-state index contributed by atoms with van der Waals surface area (Å²) in [5.74, 6) is 0. The molecule has 0 saturated carbocycles. The first-order valence-electron chi connectivity index (χ1n) is 7.92.